The summed E-state index contributed by atoms with van der Waals surface area (Å²) in [6.07, 6.45) is 1.54. The van der Waals surface area contributed by atoms with Crippen LogP contribution in [0, 0.1) is 0 Å². The fraction of sp³-hybridized carbons (Fsp3) is 0.667. The van der Waals surface area contributed by atoms with Gasteiger partial charge in [0.1, 0.15) is 5.76 Å². The van der Waals surface area contributed by atoms with E-state index < -0.39 is 5.54 Å². The summed E-state index contributed by atoms with van der Waals surface area (Å²) in [5.41, 5.74) is -0.444. The van der Waals surface area contributed by atoms with Crippen molar-refractivity contribution < 1.29 is 9.84 Å². The summed E-state index contributed by atoms with van der Waals surface area (Å²) in [4.78, 5) is 4.09. The minimum atomic E-state index is -0.444. The molecule has 3 nitrogen and oxygen atoms in total. The van der Waals surface area contributed by atoms with E-state index in [-0.39, 0.29) is 6.61 Å². The van der Waals surface area contributed by atoms with Gasteiger partial charge in [0.25, 0.3) is 0 Å². The normalized spacial score (nSPS) is 12.0. The Labute approximate surface area is 73.8 Å². The Morgan fingerprint density at radius 3 is 2.67 bits per heavy atom. The summed E-state index contributed by atoms with van der Waals surface area (Å²) in [5.74, 6) is 0.527. The molecule has 12 heavy (non-hydrogen) atoms. The molecule has 0 atom stereocenters. The third-order valence-electron chi connectivity index (χ3n) is 1.27. The van der Waals surface area contributed by atoms with Gasteiger partial charge in [-0.05, 0) is 20.8 Å². The summed E-state index contributed by atoms with van der Waals surface area (Å²) >= 11 is 0. The molecule has 0 saturated heterocycles. The van der Waals surface area contributed by atoms with Crippen molar-refractivity contribution in [3.05, 3.63) is 12.3 Å². The van der Waals surface area contributed by atoms with Crippen LogP contribution in [-0.2, 0) is 4.74 Å². The monoisotopic (exact) mass is 171 g/mol. The molecule has 0 unspecified atom stereocenters. The molecule has 3 heteroatoms. The highest BCUT2D eigenvalue weighted by molar-refractivity contribution is 5.75. The highest BCUT2D eigenvalue weighted by Gasteiger charge is 2.12. The van der Waals surface area contributed by atoms with E-state index in [2.05, 4.69) is 11.6 Å². The number of rotatable bonds is 5. The molecule has 0 rings (SSSR count). The maximum Gasteiger partial charge on any atom is 0.129 e. The van der Waals surface area contributed by atoms with Gasteiger partial charge in [0, 0.05) is 0 Å². The maximum absolute atomic E-state index is 8.85. The first-order valence-electron chi connectivity index (χ1n) is 3.99. The first-order valence-corrected chi connectivity index (χ1v) is 3.99. The lowest BCUT2D eigenvalue weighted by molar-refractivity contribution is 0.221. The van der Waals surface area contributed by atoms with Gasteiger partial charge in [-0.2, -0.15) is 0 Å². The van der Waals surface area contributed by atoms with Crippen molar-refractivity contribution in [3.8, 4) is 0 Å². The Bertz CT molecular complexity index is 173. The van der Waals surface area contributed by atoms with E-state index >= 15 is 0 Å². The minimum absolute atomic E-state index is 0.0168. The number of hydrogen-bond donors (Lipinski definition) is 1. The van der Waals surface area contributed by atoms with E-state index in [4.69, 9.17) is 9.84 Å². The second-order valence-electron chi connectivity index (χ2n) is 3.13. The van der Waals surface area contributed by atoms with Gasteiger partial charge in [-0.1, -0.05) is 6.58 Å². The number of ether oxygens (including phenoxy) is 1. The first kappa shape index (κ1) is 11.2. The predicted octanol–water partition coefficient (Wildman–Crippen LogP) is 1.38. The Hall–Kier alpha value is -0.830. The van der Waals surface area contributed by atoms with Crippen molar-refractivity contribution in [1.82, 2.24) is 0 Å². The molecule has 0 heterocycles. The quantitative estimate of drug-likeness (QED) is 0.501. The van der Waals surface area contributed by atoms with Gasteiger partial charge in [-0.25, -0.2) is 0 Å². The molecule has 0 radical (unpaired) electrons. The zero-order chi connectivity index (χ0) is 9.61. The van der Waals surface area contributed by atoms with E-state index in [9.17, 15) is 0 Å². The summed E-state index contributed by atoms with van der Waals surface area (Å²) in [7, 11) is 0. The van der Waals surface area contributed by atoms with Crippen LogP contribution in [-0.4, -0.2) is 30.1 Å². The second kappa shape index (κ2) is 4.93. The van der Waals surface area contributed by atoms with Crippen molar-refractivity contribution >= 4 is 6.21 Å². The number of aliphatic imine (C=N–C) groups is 1. The highest BCUT2D eigenvalue weighted by atomic mass is 16.5. The summed E-state index contributed by atoms with van der Waals surface area (Å²) in [5, 5.41) is 8.85. The topological polar surface area (TPSA) is 41.8 Å². The standard InChI is InChI=1S/C9H17NO2/c1-5-12-8(2)6-10-9(3,4)7-11/h6,11H,2,5,7H2,1,3-4H3. The van der Waals surface area contributed by atoms with Gasteiger partial charge < -0.3 is 9.84 Å². The summed E-state index contributed by atoms with van der Waals surface area (Å²) < 4.78 is 5.06. The van der Waals surface area contributed by atoms with Gasteiger partial charge in [-0.15, -0.1) is 0 Å². The average molecular weight is 171 g/mol. The fourth-order valence-electron chi connectivity index (χ4n) is 0.510. The van der Waals surface area contributed by atoms with Crippen molar-refractivity contribution in [3.63, 3.8) is 0 Å². The van der Waals surface area contributed by atoms with Gasteiger partial charge >= 0.3 is 0 Å². The van der Waals surface area contributed by atoms with E-state index in [1.807, 2.05) is 20.8 Å². The van der Waals surface area contributed by atoms with Crippen LogP contribution < -0.4 is 0 Å². The molecule has 0 aromatic carbocycles. The highest BCUT2D eigenvalue weighted by Crippen LogP contribution is 2.06. The van der Waals surface area contributed by atoms with Crippen LogP contribution in [0.1, 0.15) is 20.8 Å². The van der Waals surface area contributed by atoms with Crippen LogP contribution >= 0.6 is 0 Å². The summed E-state index contributed by atoms with van der Waals surface area (Å²) in [6.45, 7) is 9.79. The zero-order valence-corrected chi connectivity index (χ0v) is 8.00. The van der Waals surface area contributed by atoms with Crippen LogP contribution in [0.15, 0.2) is 17.3 Å². The van der Waals surface area contributed by atoms with E-state index in [1.165, 1.54) is 0 Å². The number of allylic oxidation sites excluding steroid dienone is 1. The molecule has 0 aliphatic rings. The van der Waals surface area contributed by atoms with Crippen LogP contribution in [0.4, 0.5) is 0 Å². The molecule has 0 amide bonds. The molecule has 0 spiro atoms. The molecule has 0 aliphatic heterocycles. The van der Waals surface area contributed by atoms with Crippen LogP contribution in [0.25, 0.3) is 0 Å². The molecule has 0 fully saturated rings. The lowest BCUT2D eigenvalue weighted by Crippen LogP contribution is -2.22. The molecule has 0 aliphatic carbocycles. The zero-order valence-electron chi connectivity index (χ0n) is 8.00. The lowest BCUT2D eigenvalue weighted by atomic mass is 10.1. The average Bonchev–Trinajstić information content (AvgIpc) is 2.02. The molecule has 1 N–H and O–H groups in total. The van der Waals surface area contributed by atoms with Gasteiger partial charge in [0.05, 0.1) is 25.0 Å². The number of aliphatic hydroxyl groups is 1. The van der Waals surface area contributed by atoms with Crippen molar-refractivity contribution in [1.29, 1.82) is 0 Å². The van der Waals surface area contributed by atoms with Crippen molar-refractivity contribution in [2.45, 2.75) is 26.3 Å². The molecule has 0 bridgehead atoms. The molecule has 0 aromatic heterocycles. The van der Waals surface area contributed by atoms with Crippen LogP contribution in [0.5, 0.6) is 0 Å². The van der Waals surface area contributed by atoms with Crippen molar-refractivity contribution in [2.24, 2.45) is 4.99 Å². The Morgan fingerprint density at radius 1 is 1.67 bits per heavy atom. The molecule has 70 valence electrons. The van der Waals surface area contributed by atoms with E-state index in [0.717, 1.165) is 0 Å². The first-order chi connectivity index (χ1) is 5.52. The number of nitrogens with zero attached hydrogens (tertiary/aromatic N) is 1. The second-order valence-corrected chi connectivity index (χ2v) is 3.13. The van der Waals surface area contributed by atoms with Gasteiger partial charge in [0.2, 0.25) is 0 Å². The Kier molecular flexibility index (Phi) is 4.59. The molecule has 0 aromatic rings. The summed E-state index contributed by atoms with van der Waals surface area (Å²) in [6, 6.07) is 0. The third kappa shape index (κ3) is 4.91. The minimum Gasteiger partial charge on any atom is -0.493 e. The number of aliphatic hydroxyl groups excluding tert-OH is 1. The van der Waals surface area contributed by atoms with Gasteiger partial charge in [-0.3, -0.25) is 4.99 Å². The van der Waals surface area contributed by atoms with Crippen molar-refractivity contribution in [2.75, 3.05) is 13.2 Å². The molecular formula is C9H17NO2. The SMILES string of the molecule is C=C(C=NC(C)(C)CO)OCC. The van der Waals surface area contributed by atoms with Gasteiger partial charge in [0.15, 0.2) is 0 Å². The van der Waals surface area contributed by atoms with E-state index in [0.29, 0.717) is 12.4 Å². The predicted molar refractivity (Wildman–Crippen MR) is 50.4 cm³/mol. The van der Waals surface area contributed by atoms with E-state index in [1.54, 1.807) is 6.21 Å². The lowest BCUT2D eigenvalue weighted by Gasteiger charge is -2.15. The maximum atomic E-state index is 8.85. The molecule has 0 saturated carbocycles. The largest absolute Gasteiger partial charge is 0.493 e. The van der Waals surface area contributed by atoms with Crippen LogP contribution in [0.3, 0.4) is 0 Å². The fourth-order valence-corrected chi connectivity index (χ4v) is 0.510. The molecular weight excluding hydrogens is 154 g/mol. The number of hydrogen-bond acceptors (Lipinski definition) is 3. The third-order valence-corrected chi connectivity index (χ3v) is 1.27. The smallest absolute Gasteiger partial charge is 0.129 e. The Balaban J connectivity index is 3.97. The van der Waals surface area contributed by atoms with Crippen LogP contribution in [0.2, 0.25) is 0 Å². The Morgan fingerprint density at radius 2 is 2.25 bits per heavy atom.